The number of nitrogens with zero attached hydrogens (tertiary/aromatic N) is 2. The van der Waals surface area contributed by atoms with Gasteiger partial charge in [0.05, 0.1) is 12.6 Å². The van der Waals surface area contributed by atoms with Crippen molar-refractivity contribution in [2.45, 2.75) is 12.5 Å². The molecular formula is C15H25N3O. The molecule has 0 aliphatic carbocycles. The van der Waals surface area contributed by atoms with E-state index in [4.69, 9.17) is 10.5 Å². The lowest BCUT2D eigenvalue weighted by Crippen LogP contribution is -2.52. The van der Waals surface area contributed by atoms with Crippen molar-refractivity contribution >= 4 is 0 Å². The number of rotatable bonds is 4. The molecule has 1 unspecified atom stereocenters. The highest BCUT2D eigenvalue weighted by Gasteiger charge is 2.26. The Morgan fingerprint density at radius 1 is 1.16 bits per heavy atom. The van der Waals surface area contributed by atoms with Crippen LogP contribution in [0.3, 0.4) is 0 Å². The van der Waals surface area contributed by atoms with Crippen molar-refractivity contribution in [2.75, 3.05) is 46.9 Å². The molecule has 4 heteroatoms. The van der Waals surface area contributed by atoms with Gasteiger partial charge in [0.1, 0.15) is 5.75 Å². The molecule has 1 fully saturated rings. The van der Waals surface area contributed by atoms with Crippen LogP contribution in [0.5, 0.6) is 5.75 Å². The van der Waals surface area contributed by atoms with Crippen molar-refractivity contribution in [1.82, 2.24) is 9.80 Å². The van der Waals surface area contributed by atoms with Crippen molar-refractivity contribution in [3.63, 3.8) is 0 Å². The molecule has 1 aromatic carbocycles. The van der Waals surface area contributed by atoms with E-state index in [1.807, 2.05) is 12.1 Å². The molecule has 1 aliphatic rings. The van der Waals surface area contributed by atoms with Crippen molar-refractivity contribution in [2.24, 2.45) is 5.73 Å². The van der Waals surface area contributed by atoms with Crippen LogP contribution in [-0.2, 0) is 5.54 Å². The van der Waals surface area contributed by atoms with Crippen molar-refractivity contribution in [1.29, 1.82) is 0 Å². The Hall–Kier alpha value is -1.10. The topological polar surface area (TPSA) is 41.7 Å². The molecule has 0 radical (unpaired) electrons. The summed E-state index contributed by atoms with van der Waals surface area (Å²) < 4.78 is 5.19. The monoisotopic (exact) mass is 263 g/mol. The Morgan fingerprint density at radius 2 is 1.74 bits per heavy atom. The van der Waals surface area contributed by atoms with Crippen LogP contribution in [0.2, 0.25) is 0 Å². The van der Waals surface area contributed by atoms with Crippen LogP contribution >= 0.6 is 0 Å². The zero-order chi connectivity index (χ0) is 13.9. The van der Waals surface area contributed by atoms with Gasteiger partial charge in [0, 0.05) is 32.7 Å². The Morgan fingerprint density at radius 3 is 2.26 bits per heavy atom. The van der Waals surface area contributed by atoms with Crippen LogP contribution in [0.15, 0.2) is 24.3 Å². The van der Waals surface area contributed by atoms with Gasteiger partial charge in [-0.2, -0.15) is 0 Å². The van der Waals surface area contributed by atoms with E-state index in [1.54, 1.807) is 7.11 Å². The standard InChI is InChI=1S/C15H25N3O/c1-15(16,12-18-10-8-17(2)9-11-18)13-4-6-14(19-3)7-5-13/h4-7H,8-12,16H2,1-3H3. The van der Waals surface area contributed by atoms with Crippen molar-refractivity contribution in [3.8, 4) is 5.75 Å². The van der Waals surface area contributed by atoms with Crippen LogP contribution in [0.1, 0.15) is 12.5 Å². The second kappa shape index (κ2) is 5.90. The summed E-state index contributed by atoms with van der Waals surface area (Å²) in [6.45, 7) is 7.44. The number of hydrogen-bond donors (Lipinski definition) is 1. The third-order valence-electron chi connectivity index (χ3n) is 3.90. The first kappa shape index (κ1) is 14.3. The molecule has 2 rings (SSSR count). The summed E-state index contributed by atoms with van der Waals surface area (Å²) in [5, 5.41) is 0. The predicted molar refractivity (Wildman–Crippen MR) is 78.5 cm³/mol. The number of piperazine rings is 1. The van der Waals surface area contributed by atoms with E-state index in [0.717, 1.165) is 44.0 Å². The minimum Gasteiger partial charge on any atom is -0.497 e. The summed E-state index contributed by atoms with van der Waals surface area (Å²) >= 11 is 0. The van der Waals surface area contributed by atoms with E-state index in [0.29, 0.717) is 0 Å². The van der Waals surface area contributed by atoms with E-state index in [-0.39, 0.29) is 5.54 Å². The molecular weight excluding hydrogens is 238 g/mol. The third kappa shape index (κ3) is 3.69. The Labute approximate surface area is 116 Å². The summed E-state index contributed by atoms with van der Waals surface area (Å²) in [6, 6.07) is 8.08. The molecule has 0 amide bonds. The minimum absolute atomic E-state index is 0.317. The summed E-state index contributed by atoms with van der Waals surface area (Å²) in [4.78, 5) is 4.81. The number of methoxy groups -OCH3 is 1. The quantitative estimate of drug-likeness (QED) is 0.884. The Balaban J connectivity index is 2.00. The van der Waals surface area contributed by atoms with Crippen LogP contribution < -0.4 is 10.5 Å². The molecule has 0 aromatic heterocycles. The van der Waals surface area contributed by atoms with Gasteiger partial charge >= 0.3 is 0 Å². The number of ether oxygens (including phenoxy) is 1. The lowest BCUT2D eigenvalue weighted by Gasteiger charge is -2.37. The molecule has 0 bridgehead atoms. The van der Waals surface area contributed by atoms with Gasteiger partial charge in [-0.05, 0) is 31.7 Å². The van der Waals surface area contributed by atoms with Crippen molar-refractivity contribution < 1.29 is 4.74 Å². The highest BCUT2D eigenvalue weighted by molar-refractivity contribution is 5.31. The summed E-state index contributed by atoms with van der Waals surface area (Å²) in [5.74, 6) is 0.874. The van der Waals surface area contributed by atoms with E-state index in [1.165, 1.54) is 0 Å². The molecule has 2 N–H and O–H groups in total. The summed E-state index contributed by atoms with van der Waals surface area (Å²) in [7, 11) is 3.85. The largest absolute Gasteiger partial charge is 0.497 e. The molecule has 1 heterocycles. The van der Waals surface area contributed by atoms with E-state index >= 15 is 0 Å². The molecule has 19 heavy (non-hydrogen) atoms. The number of hydrogen-bond acceptors (Lipinski definition) is 4. The molecule has 0 spiro atoms. The highest BCUT2D eigenvalue weighted by atomic mass is 16.5. The third-order valence-corrected chi connectivity index (χ3v) is 3.90. The first-order valence-electron chi connectivity index (χ1n) is 6.85. The number of nitrogens with two attached hydrogens (primary N) is 1. The van der Waals surface area contributed by atoms with Gasteiger partial charge < -0.3 is 15.4 Å². The first-order chi connectivity index (χ1) is 9.01. The van der Waals surface area contributed by atoms with Gasteiger partial charge in [-0.15, -0.1) is 0 Å². The highest BCUT2D eigenvalue weighted by Crippen LogP contribution is 2.22. The molecule has 0 saturated carbocycles. The molecule has 4 nitrogen and oxygen atoms in total. The lowest BCUT2D eigenvalue weighted by molar-refractivity contribution is 0.130. The van der Waals surface area contributed by atoms with Gasteiger partial charge in [-0.25, -0.2) is 0 Å². The average Bonchev–Trinajstić information content (AvgIpc) is 2.41. The molecule has 1 aromatic rings. The summed E-state index contributed by atoms with van der Waals surface area (Å²) in [6.07, 6.45) is 0. The Bertz CT molecular complexity index is 394. The number of benzene rings is 1. The summed E-state index contributed by atoms with van der Waals surface area (Å²) in [5.41, 5.74) is 7.34. The van der Waals surface area contributed by atoms with Gasteiger partial charge in [0.25, 0.3) is 0 Å². The van der Waals surface area contributed by atoms with Crippen molar-refractivity contribution in [3.05, 3.63) is 29.8 Å². The van der Waals surface area contributed by atoms with Crippen LogP contribution in [0, 0.1) is 0 Å². The number of likely N-dealkylation sites (N-methyl/N-ethyl adjacent to an activating group) is 1. The fraction of sp³-hybridized carbons (Fsp3) is 0.600. The fourth-order valence-corrected chi connectivity index (χ4v) is 2.53. The van der Waals surface area contributed by atoms with Gasteiger partial charge in [0.2, 0.25) is 0 Å². The SMILES string of the molecule is COc1ccc(C(C)(N)CN2CCN(C)CC2)cc1. The second-order valence-electron chi connectivity index (χ2n) is 5.73. The van der Waals surface area contributed by atoms with Crippen LogP contribution in [-0.4, -0.2) is 56.7 Å². The maximum atomic E-state index is 6.50. The van der Waals surface area contributed by atoms with Gasteiger partial charge in [0.15, 0.2) is 0 Å². The minimum atomic E-state index is -0.317. The second-order valence-corrected chi connectivity index (χ2v) is 5.73. The normalized spacial score (nSPS) is 21.1. The molecule has 1 atom stereocenters. The lowest BCUT2D eigenvalue weighted by atomic mass is 9.92. The fourth-order valence-electron chi connectivity index (χ4n) is 2.53. The first-order valence-corrected chi connectivity index (χ1v) is 6.85. The van der Waals surface area contributed by atoms with Crippen LogP contribution in [0.25, 0.3) is 0 Å². The van der Waals surface area contributed by atoms with E-state index in [9.17, 15) is 0 Å². The van der Waals surface area contributed by atoms with Crippen LogP contribution in [0.4, 0.5) is 0 Å². The predicted octanol–water partition coefficient (Wildman–Crippen LogP) is 1.12. The Kier molecular flexibility index (Phi) is 4.45. The van der Waals surface area contributed by atoms with Gasteiger partial charge in [-0.1, -0.05) is 12.1 Å². The van der Waals surface area contributed by atoms with Gasteiger partial charge in [-0.3, -0.25) is 4.90 Å². The van der Waals surface area contributed by atoms with E-state index in [2.05, 4.69) is 35.9 Å². The van der Waals surface area contributed by atoms with E-state index < -0.39 is 0 Å². The zero-order valence-electron chi connectivity index (χ0n) is 12.2. The average molecular weight is 263 g/mol. The molecule has 1 saturated heterocycles. The smallest absolute Gasteiger partial charge is 0.118 e. The maximum Gasteiger partial charge on any atom is 0.118 e. The maximum absolute atomic E-state index is 6.50. The zero-order valence-corrected chi connectivity index (χ0v) is 12.2. The molecule has 1 aliphatic heterocycles. The molecule has 106 valence electrons.